The van der Waals surface area contributed by atoms with E-state index in [9.17, 15) is 13.2 Å². The largest absolute Gasteiger partial charge is 0.497 e. The first-order chi connectivity index (χ1) is 13.3. The molecule has 150 valence electrons. The average Bonchev–Trinajstić information content (AvgIpc) is 2.67. The fourth-order valence-electron chi connectivity index (χ4n) is 3.89. The van der Waals surface area contributed by atoms with Crippen molar-refractivity contribution in [3.8, 4) is 5.75 Å². The normalized spacial score (nSPS) is 15.5. The third-order valence-electron chi connectivity index (χ3n) is 5.20. The second kappa shape index (κ2) is 7.93. The number of methoxy groups -OCH3 is 1. The number of ether oxygens (including phenoxy) is 1. The molecule has 28 heavy (non-hydrogen) atoms. The van der Waals surface area contributed by atoms with Gasteiger partial charge in [0.1, 0.15) is 12.0 Å². The number of hydrogen-bond acceptors (Lipinski definition) is 5. The highest BCUT2D eigenvalue weighted by molar-refractivity contribution is 7.89. The van der Waals surface area contributed by atoms with E-state index in [4.69, 9.17) is 4.74 Å². The number of hydrogen-bond donors (Lipinski definition) is 0. The van der Waals surface area contributed by atoms with Crippen LogP contribution in [0.2, 0.25) is 0 Å². The highest BCUT2D eigenvalue weighted by Gasteiger charge is 2.30. The Bertz CT molecular complexity index is 970. The Balaban J connectivity index is 1.79. The van der Waals surface area contributed by atoms with E-state index in [2.05, 4.69) is 4.90 Å². The van der Waals surface area contributed by atoms with Gasteiger partial charge in [-0.3, -0.25) is 4.79 Å². The van der Waals surface area contributed by atoms with Gasteiger partial charge in [-0.25, -0.2) is 8.42 Å². The maximum absolute atomic E-state index is 13.1. The van der Waals surface area contributed by atoms with Crippen molar-refractivity contribution in [2.45, 2.75) is 25.7 Å². The molecule has 0 radical (unpaired) electrons. The van der Waals surface area contributed by atoms with Crippen LogP contribution in [0.15, 0.2) is 35.2 Å². The van der Waals surface area contributed by atoms with Crippen molar-refractivity contribution in [3.05, 3.63) is 52.6 Å². The Morgan fingerprint density at radius 2 is 1.54 bits per heavy atom. The van der Waals surface area contributed by atoms with Crippen LogP contribution in [0.25, 0.3) is 0 Å². The SMILES string of the molecule is COc1ccc(S(=O)(=O)N2CCN(c3c(C)cc(C=O)cc3C)CC2)c(C)c1. The average molecular weight is 403 g/mol. The first-order valence-corrected chi connectivity index (χ1v) is 10.7. The van der Waals surface area contributed by atoms with Crippen molar-refractivity contribution in [2.24, 2.45) is 0 Å². The molecule has 0 amide bonds. The molecule has 1 fully saturated rings. The van der Waals surface area contributed by atoms with Crippen molar-refractivity contribution in [1.29, 1.82) is 0 Å². The third-order valence-corrected chi connectivity index (χ3v) is 7.26. The zero-order valence-electron chi connectivity index (χ0n) is 16.7. The summed E-state index contributed by atoms with van der Waals surface area (Å²) in [4.78, 5) is 13.6. The van der Waals surface area contributed by atoms with Gasteiger partial charge in [-0.05, 0) is 67.8 Å². The quantitative estimate of drug-likeness (QED) is 0.720. The van der Waals surface area contributed by atoms with Gasteiger partial charge in [-0.2, -0.15) is 4.31 Å². The second-order valence-corrected chi connectivity index (χ2v) is 9.05. The minimum atomic E-state index is -3.55. The lowest BCUT2D eigenvalue weighted by molar-refractivity contribution is 0.112. The van der Waals surface area contributed by atoms with E-state index in [0.29, 0.717) is 48.0 Å². The van der Waals surface area contributed by atoms with Crippen molar-refractivity contribution in [1.82, 2.24) is 4.31 Å². The van der Waals surface area contributed by atoms with Gasteiger partial charge in [0.25, 0.3) is 0 Å². The number of nitrogens with zero attached hydrogens (tertiary/aromatic N) is 2. The minimum absolute atomic E-state index is 0.324. The number of rotatable bonds is 5. The van der Waals surface area contributed by atoms with Crippen LogP contribution in [0.4, 0.5) is 5.69 Å². The van der Waals surface area contributed by atoms with Crippen LogP contribution in [0, 0.1) is 20.8 Å². The molecule has 0 N–H and O–H groups in total. The molecule has 2 aromatic carbocycles. The maximum atomic E-state index is 13.1. The number of aldehydes is 1. The summed E-state index contributed by atoms with van der Waals surface area (Å²) in [6.07, 6.45) is 0.853. The van der Waals surface area contributed by atoms with Gasteiger partial charge in [0.2, 0.25) is 10.0 Å². The molecule has 1 heterocycles. The molecule has 0 atom stereocenters. The number of carbonyl (C=O) groups is 1. The molecule has 0 aromatic heterocycles. The molecule has 1 aliphatic heterocycles. The van der Waals surface area contributed by atoms with Gasteiger partial charge in [0, 0.05) is 37.4 Å². The molecule has 0 spiro atoms. The van der Waals surface area contributed by atoms with Crippen LogP contribution in [0.1, 0.15) is 27.0 Å². The van der Waals surface area contributed by atoms with Crippen LogP contribution in [0.5, 0.6) is 5.75 Å². The molecular weight excluding hydrogens is 376 g/mol. The summed E-state index contributed by atoms with van der Waals surface area (Å²) in [5.41, 5.74) is 4.49. The molecule has 0 bridgehead atoms. The molecule has 7 heteroatoms. The second-order valence-electron chi connectivity index (χ2n) is 7.14. The molecule has 3 rings (SSSR count). The van der Waals surface area contributed by atoms with Crippen LogP contribution >= 0.6 is 0 Å². The highest BCUT2D eigenvalue weighted by Crippen LogP contribution is 2.29. The zero-order chi connectivity index (χ0) is 20.5. The molecule has 6 nitrogen and oxygen atoms in total. The number of aryl methyl sites for hydroxylation is 3. The summed E-state index contributed by atoms with van der Waals surface area (Å²) in [5.74, 6) is 0.644. The van der Waals surface area contributed by atoms with Crippen molar-refractivity contribution in [3.63, 3.8) is 0 Å². The van der Waals surface area contributed by atoms with Gasteiger partial charge in [0.15, 0.2) is 0 Å². The summed E-state index contributed by atoms with van der Waals surface area (Å²) in [6, 6.07) is 8.78. The fraction of sp³-hybridized carbons (Fsp3) is 0.381. The molecule has 0 aliphatic carbocycles. The highest BCUT2D eigenvalue weighted by atomic mass is 32.2. The number of anilines is 1. The maximum Gasteiger partial charge on any atom is 0.243 e. The Morgan fingerprint density at radius 1 is 0.929 bits per heavy atom. The fourth-order valence-corrected chi connectivity index (χ4v) is 5.51. The lowest BCUT2D eigenvalue weighted by Crippen LogP contribution is -2.49. The van der Waals surface area contributed by atoms with Gasteiger partial charge < -0.3 is 9.64 Å². The number of carbonyl (C=O) groups excluding carboxylic acids is 1. The summed E-state index contributed by atoms with van der Waals surface area (Å²) >= 11 is 0. The van der Waals surface area contributed by atoms with Gasteiger partial charge >= 0.3 is 0 Å². The lowest BCUT2D eigenvalue weighted by atomic mass is 10.0. The van der Waals surface area contributed by atoms with E-state index in [1.807, 2.05) is 26.0 Å². The lowest BCUT2D eigenvalue weighted by Gasteiger charge is -2.37. The van der Waals surface area contributed by atoms with Crippen LogP contribution in [0.3, 0.4) is 0 Å². The van der Waals surface area contributed by atoms with Crippen LogP contribution in [-0.4, -0.2) is 52.3 Å². The number of piperazine rings is 1. The van der Waals surface area contributed by atoms with E-state index in [1.165, 1.54) is 0 Å². The smallest absolute Gasteiger partial charge is 0.243 e. The van der Waals surface area contributed by atoms with E-state index in [-0.39, 0.29) is 0 Å². The summed E-state index contributed by atoms with van der Waals surface area (Å²) in [7, 11) is -1.99. The Morgan fingerprint density at radius 3 is 2.04 bits per heavy atom. The Hall–Kier alpha value is -2.38. The van der Waals surface area contributed by atoms with Crippen molar-refractivity contribution < 1.29 is 17.9 Å². The molecule has 1 saturated heterocycles. The van der Waals surface area contributed by atoms with E-state index in [1.54, 1.807) is 36.5 Å². The minimum Gasteiger partial charge on any atom is -0.497 e. The molecule has 0 unspecified atom stereocenters. The van der Waals surface area contributed by atoms with E-state index < -0.39 is 10.0 Å². The van der Waals surface area contributed by atoms with Gasteiger partial charge in [0.05, 0.1) is 12.0 Å². The van der Waals surface area contributed by atoms with E-state index >= 15 is 0 Å². The summed E-state index contributed by atoms with van der Waals surface area (Å²) in [6.45, 7) is 7.81. The molecule has 0 saturated carbocycles. The summed E-state index contributed by atoms with van der Waals surface area (Å²) < 4.78 is 32.9. The zero-order valence-corrected chi connectivity index (χ0v) is 17.5. The van der Waals surface area contributed by atoms with E-state index in [0.717, 1.165) is 23.1 Å². The monoisotopic (exact) mass is 402 g/mol. The standard InChI is InChI=1S/C21H26N2O4S/c1-15-13-19(27-4)5-6-20(15)28(25,26)23-9-7-22(8-10-23)21-16(2)11-18(14-24)12-17(21)3/h5-6,11-14H,7-10H2,1-4H3. The molecular formula is C21H26N2O4S. The number of benzene rings is 2. The van der Waals surface area contributed by atoms with Crippen LogP contribution in [-0.2, 0) is 10.0 Å². The predicted octanol–water partition coefficient (Wildman–Crippen LogP) is 2.94. The topological polar surface area (TPSA) is 66.9 Å². The first-order valence-electron chi connectivity index (χ1n) is 9.24. The van der Waals surface area contributed by atoms with Crippen LogP contribution < -0.4 is 9.64 Å². The Labute approximate surface area is 166 Å². The van der Waals surface area contributed by atoms with Crippen molar-refractivity contribution in [2.75, 3.05) is 38.2 Å². The van der Waals surface area contributed by atoms with Gasteiger partial charge in [-0.15, -0.1) is 0 Å². The van der Waals surface area contributed by atoms with Gasteiger partial charge in [-0.1, -0.05) is 0 Å². The Kier molecular flexibility index (Phi) is 5.76. The predicted molar refractivity (Wildman–Crippen MR) is 110 cm³/mol. The number of sulfonamides is 1. The molecule has 2 aromatic rings. The molecule has 1 aliphatic rings. The van der Waals surface area contributed by atoms with Crippen molar-refractivity contribution >= 4 is 22.0 Å². The summed E-state index contributed by atoms with van der Waals surface area (Å²) in [5, 5.41) is 0. The first kappa shape index (κ1) is 20.4. The third kappa shape index (κ3) is 3.77.